The lowest BCUT2D eigenvalue weighted by molar-refractivity contribution is 0.0943. The van der Waals surface area contributed by atoms with E-state index in [4.69, 9.17) is 5.26 Å². The van der Waals surface area contributed by atoms with Crippen LogP contribution in [-0.4, -0.2) is 26.0 Å². The first-order chi connectivity index (χ1) is 11.2. The van der Waals surface area contributed by atoms with Gasteiger partial charge in [0, 0.05) is 24.3 Å². The van der Waals surface area contributed by atoms with Crippen LogP contribution in [-0.2, 0) is 6.54 Å². The van der Waals surface area contributed by atoms with Gasteiger partial charge in [-0.3, -0.25) is 9.78 Å². The molecule has 23 heavy (non-hydrogen) atoms. The minimum Gasteiger partial charge on any atom is -0.505 e. The minimum absolute atomic E-state index is 0.0629. The summed E-state index contributed by atoms with van der Waals surface area (Å²) in [6.45, 7) is 0.212. The summed E-state index contributed by atoms with van der Waals surface area (Å²) in [6.07, 6.45) is 4.53. The quantitative estimate of drug-likeness (QED) is 0.759. The Morgan fingerprint density at radius 2 is 2.09 bits per heavy atom. The normalized spacial score (nSPS) is 10.2. The smallest absolute Gasteiger partial charge is 0.274 e. The fraction of sp³-hybridized carbons (Fsp3) is 0.0625. The lowest BCUT2D eigenvalue weighted by atomic mass is 10.2. The standard InChI is InChI=1S/C16H11N5O2/c17-6-11-4-3-10(7-19-11)8-21-16(23)14-15(22)12-2-1-5-18-13(12)9-20-14/h1-5,7,9,22H,8H2,(H,21,23). The highest BCUT2D eigenvalue weighted by molar-refractivity contribution is 6.00. The summed E-state index contributed by atoms with van der Waals surface area (Å²) in [4.78, 5) is 24.1. The molecule has 0 aromatic carbocycles. The van der Waals surface area contributed by atoms with Crippen LogP contribution in [0, 0.1) is 11.3 Å². The summed E-state index contributed by atoms with van der Waals surface area (Å²) in [6, 6.07) is 8.53. The fourth-order valence-electron chi connectivity index (χ4n) is 2.06. The molecule has 0 unspecified atom stereocenters. The Morgan fingerprint density at radius 1 is 1.22 bits per heavy atom. The van der Waals surface area contributed by atoms with Crippen molar-refractivity contribution in [1.29, 1.82) is 5.26 Å². The summed E-state index contributed by atoms with van der Waals surface area (Å²) in [7, 11) is 0. The van der Waals surface area contributed by atoms with Gasteiger partial charge in [0.25, 0.3) is 5.91 Å². The zero-order chi connectivity index (χ0) is 16.2. The maximum atomic E-state index is 12.2. The van der Waals surface area contributed by atoms with E-state index in [-0.39, 0.29) is 18.0 Å². The van der Waals surface area contributed by atoms with E-state index in [1.54, 1.807) is 30.5 Å². The van der Waals surface area contributed by atoms with Crippen LogP contribution in [0.4, 0.5) is 0 Å². The molecule has 0 aliphatic heterocycles. The zero-order valence-electron chi connectivity index (χ0n) is 11.9. The highest BCUT2D eigenvalue weighted by atomic mass is 16.3. The number of pyridine rings is 3. The maximum Gasteiger partial charge on any atom is 0.274 e. The van der Waals surface area contributed by atoms with Crippen LogP contribution >= 0.6 is 0 Å². The van der Waals surface area contributed by atoms with Crippen molar-refractivity contribution in [3.8, 4) is 11.8 Å². The molecule has 0 saturated heterocycles. The fourth-order valence-corrected chi connectivity index (χ4v) is 2.06. The van der Waals surface area contributed by atoms with Crippen LogP contribution in [0.25, 0.3) is 10.9 Å². The number of rotatable bonds is 3. The molecule has 0 atom stereocenters. The molecule has 2 N–H and O–H groups in total. The number of hydrogen-bond donors (Lipinski definition) is 2. The summed E-state index contributed by atoms with van der Waals surface area (Å²) in [5, 5.41) is 22.0. The second-order valence-corrected chi connectivity index (χ2v) is 4.74. The largest absolute Gasteiger partial charge is 0.505 e. The van der Waals surface area contributed by atoms with Crippen molar-refractivity contribution in [3.63, 3.8) is 0 Å². The molecule has 3 aromatic heterocycles. The molecule has 3 rings (SSSR count). The number of fused-ring (bicyclic) bond motifs is 1. The van der Waals surface area contributed by atoms with Gasteiger partial charge in [-0.05, 0) is 23.8 Å². The van der Waals surface area contributed by atoms with E-state index in [2.05, 4.69) is 20.3 Å². The Bertz CT molecular complexity index is 916. The molecule has 3 aromatic rings. The first kappa shape index (κ1) is 14.4. The highest BCUT2D eigenvalue weighted by Gasteiger charge is 2.15. The van der Waals surface area contributed by atoms with E-state index in [1.807, 2.05) is 6.07 Å². The lowest BCUT2D eigenvalue weighted by Crippen LogP contribution is -2.24. The average molecular weight is 305 g/mol. The molecular weight excluding hydrogens is 294 g/mol. The van der Waals surface area contributed by atoms with Gasteiger partial charge in [-0.25, -0.2) is 9.97 Å². The van der Waals surface area contributed by atoms with E-state index < -0.39 is 5.91 Å². The summed E-state index contributed by atoms with van der Waals surface area (Å²) in [5.41, 5.74) is 1.49. The van der Waals surface area contributed by atoms with E-state index in [9.17, 15) is 9.90 Å². The van der Waals surface area contributed by atoms with Gasteiger partial charge in [0.1, 0.15) is 11.8 Å². The number of hydrogen-bond acceptors (Lipinski definition) is 6. The van der Waals surface area contributed by atoms with Gasteiger partial charge in [0.05, 0.1) is 11.7 Å². The van der Waals surface area contributed by atoms with Crippen molar-refractivity contribution in [3.05, 3.63) is 59.8 Å². The van der Waals surface area contributed by atoms with E-state index >= 15 is 0 Å². The second kappa shape index (κ2) is 6.07. The Hall–Kier alpha value is -3.53. The Balaban J connectivity index is 1.78. The van der Waals surface area contributed by atoms with Crippen LogP contribution in [0.15, 0.2) is 42.9 Å². The summed E-state index contributed by atoms with van der Waals surface area (Å²) in [5.74, 6) is -0.705. The number of nitrogens with zero attached hydrogens (tertiary/aromatic N) is 4. The van der Waals surface area contributed by atoms with Gasteiger partial charge in [-0.15, -0.1) is 0 Å². The Labute approximate surface area is 131 Å². The molecule has 0 radical (unpaired) electrons. The van der Waals surface area contributed by atoms with Crippen LogP contribution in [0.1, 0.15) is 21.7 Å². The van der Waals surface area contributed by atoms with Crippen molar-refractivity contribution >= 4 is 16.8 Å². The molecule has 0 fully saturated rings. The monoisotopic (exact) mass is 305 g/mol. The number of aromatic hydroxyl groups is 1. The van der Waals surface area contributed by atoms with Crippen LogP contribution in [0.5, 0.6) is 5.75 Å². The predicted molar refractivity (Wildman–Crippen MR) is 81.3 cm³/mol. The van der Waals surface area contributed by atoms with E-state index in [0.717, 1.165) is 5.56 Å². The van der Waals surface area contributed by atoms with Gasteiger partial charge in [0.2, 0.25) is 0 Å². The molecule has 7 heteroatoms. The number of aromatic nitrogens is 3. The average Bonchev–Trinajstić information content (AvgIpc) is 2.60. The van der Waals surface area contributed by atoms with Crippen LogP contribution < -0.4 is 5.32 Å². The molecule has 0 bridgehead atoms. The maximum absolute atomic E-state index is 12.2. The molecule has 112 valence electrons. The third-order valence-electron chi connectivity index (χ3n) is 3.24. The van der Waals surface area contributed by atoms with Crippen LogP contribution in [0.3, 0.4) is 0 Å². The van der Waals surface area contributed by atoms with Gasteiger partial charge in [-0.1, -0.05) is 6.07 Å². The topological polar surface area (TPSA) is 112 Å². The van der Waals surface area contributed by atoms with Crippen molar-refractivity contribution in [2.45, 2.75) is 6.54 Å². The number of amides is 1. The minimum atomic E-state index is -0.502. The molecule has 0 aliphatic carbocycles. The van der Waals surface area contributed by atoms with E-state index in [1.165, 1.54) is 12.4 Å². The number of nitrogens with one attached hydrogen (secondary N) is 1. The number of carbonyl (C=O) groups excluding carboxylic acids is 1. The van der Waals surface area contributed by atoms with Gasteiger partial charge in [-0.2, -0.15) is 5.26 Å². The van der Waals surface area contributed by atoms with E-state index in [0.29, 0.717) is 16.6 Å². The van der Waals surface area contributed by atoms with Crippen molar-refractivity contribution < 1.29 is 9.90 Å². The SMILES string of the molecule is N#Cc1ccc(CNC(=O)c2ncc3ncccc3c2O)cn1. The molecule has 0 saturated carbocycles. The molecule has 7 nitrogen and oxygen atoms in total. The third kappa shape index (κ3) is 2.91. The molecule has 3 heterocycles. The first-order valence-corrected chi connectivity index (χ1v) is 6.75. The summed E-state index contributed by atoms with van der Waals surface area (Å²) >= 11 is 0. The zero-order valence-corrected chi connectivity index (χ0v) is 11.9. The lowest BCUT2D eigenvalue weighted by Gasteiger charge is -2.07. The van der Waals surface area contributed by atoms with Crippen molar-refractivity contribution in [2.24, 2.45) is 0 Å². The molecule has 0 spiro atoms. The van der Waals surface area contributed by atoms with Crippen molar-refractivity contribution in [1.82, 2.24) is 20.3 Å². The highest BCUT2D eigenvalue weighted by Crippen LogP contribution is 2.25. The Kier molecular flexibility index (Phi) is 3.80. The van der Waals surface area contributed by atoms with Gasteiger partial charge >= 0.3 is 0 Å². The predicted octanol–water partition coefficient (Wildman–Crippen LogP) is 1.53. The van der Waals surface area contributed by atoms with Crippen LogP contribution in [0.2, 0.25) is 0 Å². The molecule has 0 aliphatic rings. The van der Waals surface area contributed by atoms with Crippen molar-refractivity contribution in [2.75, 3.05) is 0 Å². The first-order valence-electron chi connectivity index (χ1n) is 6.75. The van der Waals surface area contributed by atoms with Gasteiger partial charge < -0.3 is 10.4 Å². The Morgan fingerprint density at radius 3 is 2.83 bits per heavy atom. The molecule has 1 amide bonds. The number of carbonyl (C=O) groups is 1. The number of nitriles is 1. The molecular formula is C16H11N5O2. The third-order valence-corrected chi connectivity index (χ3v) is 3.24. The van der Waals surface area contributed by atoms with Gasteiger partial charge in [0.15, 0.2) is 11.4 Å². The summed E-state index contributed by atoms with van der Waals surface area (Å²) < 4.78 is 0. The second-order valence-electron chi connectivity index (χ2n) is 4.74.